The first kappa shape index (κ1) is 13.2. The molecular formula is C13H7BrCl2N2. The van der Waals surface area contributed by atoms with Crippen molar-refractivity contribution in [1.82, 2.24) is 0 Å². The molecule has 90 valence electrons. The zero-order valence-electron chi connectivity index (χ0n) is 9.05. The highest BCUT2D eigenvalue weighted by Gasteiger charge is 2.04. The number of hydrogen-bond donors (Lipinski definition) is 1. The molecule has 0 aliphatic rings. The van der Waals surface area contributed by atoms with Gasteiger partial charge in [-0.2, -0.15) is 5.26 Å². The summed E-state index contributed by atoms with van der Waals surface area (Å²) in [6.45, 7) is 0. The van der Waals surface area contributed by atoms with Gasteiger partial charge in [0.15, 0.2) is 0 Å². The molecule has 0 heterocycles. The summed E-state index contributed by atoms with van der Waals surface area (Å²) >= 11 is 15.2. The number of nitriles is 1. The Morgan fingerprint density at radius 1 is 1.11 bits per heavy atom. The van der Waals surface area contributed by atoms with Crippen LogP contribution in [0.25, 0.3) is 0 Å². The highest BCUT2D eigenvalue weighted by atomic mass is 79.9. The van der Waals surface area contributed by atoms with Crippen LogP contribution in [-0.2, 0) is 0 Å². The van der Waals surface area contributed by atoms with Crippen molar-refractivity contribution in [1.29, 1.82) is 5.26 Å². The molecule has 0 aromatic heterocycles. The number of anilines is 2. The van der Waals surface area contributed by atoms with E-state index in [0.717, 1.165) is 10.2 Å². The fourth-order valence-corrected chi connectivity index (χ4v) is 2.05. The zero-order chi connectivity index (χ0) is 13.1. The summed E-state index contributed by atoms with van der Waals surface area (Å²) < 4.78 is 0.825. The van der Waals surface area contributed by atoms with E-state index >= 15 is 0 Å². The Kier molecular flexibility index (Phi) is 4.13. The molecule has 2 nitrogen and oxygen atoms in total. The van der Waals surface area contributed by atoms with Crippen LogP contribution in [0.3, 0.4) is 0 Å². The van der Waals surface area contributed by atoms with E-state index in [2.05, 4.69) is 27.3 Å². The molecule has 0 aliphatic carbocycles. The summed E-state index contributed by atoms with van der Waals surface area (Å²) in [5, 5.41) is 13.3. The standard InChI is InChI=1S/C13H7BrCl2N2/c14-11-3-2-10(6-12(11)16)18-13-4-1-9(15)5-8(13)7-17/h1-6,18H. The van der Waals surface area contributed by atoms with Crippen LogP contribution >= 0.6 is 39.1 Å². The van der Waals surface area contributed by atoms with Gasteiger partial charge in [0.1, 0.15) is 6.07 Å². The van der Waals surface area contributed by atoms with Crippen LogP contribution in [0.5, 0.6) is 0 Å². The summed E-state index contributed by atoms with van der Waals surface area (Å²) in [4.78, 5) is 0. The monoisotopic (exact) mass is 340 g/mol. The predicted octanol–water partition coefficient (Wildman–Crippen LogP) is 5.37. The molecule has 0 atom stereocenters. The van der Waals surface area contributed by atoms with Gasteiger partial charge in [0.25, 0.3) is 0 Å². The van der Waals surface area contributed by atoms with Crippen molar-refractivity contribution in [2.45, 2.75) is 0 Å². The molecule has 5 heteroatoms. The molecule has 18 heavy (non-hydrogen) atoms. The third-order valence-corrected chi connectivity index (χ3v) is 3.77. The molecule has 0 aliphatic heterocycles. The Labute approximate surface area is 123 Å². The Bertz CT molecular complexity index is 635. The molecule has 0 saturated heterocycles. The van der Waals surface area contributed by atoms with Crippen LogP contribution in [-0.4, -0.2) is 0 Å². The number of rotatable bonds is 2. The first-order valence-electron chi connectivity index (χ1n) is 5.02. The molecule has 2 aromatic rings. The van der Waals surface area contributed by atoms with Gasteiger partial charge in [0.05, 0.1) is 16.3 Å². The van der Waals surface area contributed by atoms with E-state index in [9.17, 15) is 0 Å². The average Bonchev–Trinajstić information content (AvgIpc) is 2.36. The van der Waals surface area contributed by atoms with E-state index in [-0.39, 0.29) is 0 Å². The normalized spacial score (nSPS) is 9.89. The van der Waals surface area contributed by atoms with E-state index in [1.807, 2.05) is 12.1 Å². The van der Waals surface area contributed by atoms with Gasteiger partial charge in [-0.1, -0.05) is 23.2 Å². The molecule has 0 radical (unpaired) electrons. The molecule has 2 aromatic carbocycles. The minimum atomic E-state index is 0.488. The van der Waals surface area contributed by atoms with Gasteiger partial charge in [-0.3, -0.25) is 0 Å². The lowest BCUT2D eigenvalue weighted by Gasteiger charge is -2.09. The Morgan fingerprint density at radius 3 is 2.56 bits per heavy atom. The summed E-state index contributed by atoms with van der Waals surface area (Å²) in [5.41, 5.74) is 1.99. The van der Waals surface area contributed by atoms with Crippen LogP contribution in [0.15, 0.2) is 40.9 Å². The molecule has 0 amide bonds. The maximum absolute atomic E-state index is 9.04. The number of benzene rings is 2. The van der Waals surface area contributed by atoms with Crippen LogP contribution in [0.1, 0.15) is 5.56 Å². The zero-order valence-corrected chi connectivity index (χ0v) is 12.1. The molecule has 0 unspecified atom stereocenters. The lowest BCUT2D eigenvalue weighted by Crippen LogP contribution is -1.93. The molecule has 0 bridgehead atoms. The first-order chi connectivity index (χ1) is 8.60. The Morgan fingerprint density at radius 2 is 1.89 bits per heavy atom. The second-order valence-electron chi connectivity index (χ2n) is 3.56. The van der Waals surface area contributed by atoms with Crippen molar-refractivity contribution in [3.8, 4) is 6.07 Å². The van der Waals surface area contributed by atoms with Gasteiger partial charge in [-0.25, -0.2) is 0 Å². The SMILES string of the molecule is N#Cc1cc(Cl)ccc1Nc1ccc(Br)c(Cl)c1. The Hall–Kier alpha value is -1.21. The summed E-state index contributed by atoms with van der Waals surface area (Å²) in [7, 11) is 0. The molecule has 1 N–H and O–H groups in total. The topological polar surface area (TPSA) is 35.8 Å². The molecule has 0 saturated carbocycles. The van der Waals surface area contributed by atoms with Crippen LogP contribution in [0.4, 0.5) is 11.4 Å². The van der Waals surface area contributed by atoms with Crippen molar-refractivity contribution in [2.24, 2.45) is 0 Å². The molecule has 0 spiro atoms. The third kappa shape index (κ3) is 2.97. The lowest BCUT2D eigenvalue weighted by atomic mass is 10.2. The second-order valence-corrected chi connectivity index (χ2v) is 5.25. The summed E-state index contributed by atoms with van der Waals surface area (Å²) in [6, 6.07) is 12.7. The van der Waals surface area contributed by atoms with Crippen molar-refractivity contribution >= 4 is 50.5 Å². The van der Waals surface area contributed by atoms with Crippen molar-refractivity contribution < 1.29 is 0 Å². The molecule has 0 fully saturated rings. The van der Waals surface area contributed by atoms with Crippen LogP contribution in [0, 0.1) is 11.3 Å². The Balaban J connectivity index is 2.34. The first-order valence-corrected chi connectivity index (χ1v) is 6.57. The average molecular weight is 342 g/mol. The fourth-order valence-electron chi connectivity index (χ4n) is 1.45. The van der Waals surface area contributed by atoms with Gasteiger partial charge < -0.3 is 5.32 Å². The predicted molar refractivity (Wildman–Crippen MR) is 78.6 cm³/mol. The minimum Gasteiger partial charge on any atom is -0.354 e. The molecule has 2 rings (SSSR count). The highest BCUT2D eigenvalue weighted by molar-refractivity contribution is 9.10. The van der Waals surface area contributed by atoms with Gasteiger partial charge >= 0.3 is 0 Å². The minimum absolute atomic E-state index is 0.488. The fraction of sp³-hybridized carbons (Fsp3) is 0. The highest BCUT2D eigenvalue weighted by Crippen LogP contribution is 2.29. The number of nitrogens with zero attached hydrogens (tertiary/aromatic N) is 1. The van der Waals surface area contributed by atoms with Crippen LogP contribution in [0.2, 0.25) is 10.0 Å². The van der Waals surface area contributed by atoms with E-state index in [4.69, 9.17) is 28.5 Å². The summed E-state index contributed by atoms with van der Waals surface area (Å²) in [6.07, 6.45) is 0. The largest absolute Gasteiger partial charge is 0.354 e. The van der Waals surface area contributed by atoms with E-state index in [1.54, 1.807) is 24.3 Å². The number of halogens is 3. The van der Waals surface area contributed by atoms with Gasteiger partial charge in [0.2, 0.25) is 0 Å². The van der Waals surface area contributed by atoms with Crippen molar-refractivity contribution in [2.75, 3.05) is 5.32 Å². The van der Waals surface area contributed by atoms with E-state index in [0.29, 0.717) is 21.3 Å². The lowest BCUT2D eigenvalue weighted by molar-refractivity contribution is 1.46. The van der Waals surface area contributed by atoms with Gasteiger partial charge in [-0.15, -0.1) is 0 Å². The number of hydrogen-bond acceptors (Lipinski definition) is 2. The molecular weight excluding hydrogens is 335 g/mol. The number of nitrogens with one attached hydrogen (secondary N) is 1. The quantitative estimate of drug-likeness (QED) is 0.796. The van der Waals surface area contributed by atoms with Crippen LogP contribution < -0.4 is 5.32 Å². The smallest absolute Gasteiger partial charge is 0.101 e. The van der Waals surface area contributed by atoms with Gasteiger partial charge in [0, 0.05) is 15.2 Å². The maximum Gasteiger partial charge on any atom is 0.101 e. The van der Waals surface area contributed by atoms with Gasteiger partial charge in [-0.05, 0) is 52.3 Å². The third-order valence-electron chi connectivity index (χ3n) is 2.30. The van der Waals surface area contributed by atoms with Crippen molar-refractivity contribution in [3.63, 3.8) is 0 Å². The second kappa shape index (κ2) is 5.62. The van der Waals surface area contributed by atoms with E-state index in [1.165, 1.54) is 0 Å². The van der Waals surface area contributed by atoms with E-state index < -0.39 is 0 Å². The van der Waals surface area contributed by atoms with Crippen molar-refractivity contribution in [3.05, 3.63) is 56.5 Å². The maximum atomic E-state index is 9.04. The summed E-state index contributed by atoms with van der Waals surface area (Å²) in [5.74, 6) is 0.